The fraction of sp³-hybridized carbons (Fsp3) is 0.400. The van der Waals surface area contributed by atoms with Gasteiger partial charge in [-0.3, -0.25) is 10.1 Å². The van der Waals surface area contributed by atoms with E-state index in [0.717, 1.165) is 4.31 Å². The summed E-state index contributed by atoms with van der Waals surface area (Å²) in [5.41, 5.74) is 3.04. The van der Waals surface area contributed by atoms with Crippen LogP contribution in [0.2, 0.25) is 0 Å². The quantitative estimate of drug-likeness (QED) is 0.657. The molecule has 0 amide bonds. The predicted octanol–water partition coefficient (Wildman–Crippen LogP) is 0.945. The molecular formula is C10H10F3N3O4S. The molecule has 1 aromatic rings. The summed E-state index contributed by atoms with van der Waals surface area (Å²) in [7, 11) is -4.23. The number of alkyl halides is 3. The molecule has 0 unspecified atom stereocenters. The molecule has 0 aromatic heterocycles. The Morgan fingerprint density at radius 1 is 1.33 bits per heavy atom. The van der Waals surface area contributed by atoms with Crippen LogP contribution in [0.3, 0.4) is 0 Å². The van der Waals surface area contributed by atoms with Gasteiger partial charge in [-0.25, -0.2) is 8.42 Å². The fourth-order valence-electron chi connectivity index (χ4n) is 1.86. The molecule has 0 atom stereocenters. The van der Waals surface area contributed by atoms with E-state index in [1.165, 1.54) is 0 Å². The van der Waals surface area contributed by atoms with Crippen LogP contribution in [0.4, 0.5) is 18.9 Å². The van der Waals surface area contributed by atoms with Gasteiger partial charge in [0.2, 0.25) is 10.0 Å². The van der Waals surface area contributed by atoms with E-state index in [1.807, 2.05) is 0 Å². The molecule has 0 radical (unpaired) electrons. The minimum absolute atomic E-state index is 0.0273. The largest absolute Gasteiger partial charge is 0.416 e. The molecule has 116 valence electrons. The second kappa shape index (κ2) is 4.93. The lowest BCUT2D eigenvalue weighted by Gasteiger charge is -2.35. The van der Waals surface area contributed by atoms with E-state index in [9.17, 15) is 31.7 Å². The molecule has 0 aliphatic carbocycles. The second-order valence-corrected chi connectivity index (χ2v) is 6.43. The van der Waals surface area contributed by atoms with Gasteiger partial charge in [0, 0.05) is 25.2 Å². The molecule has 0 spiro atoms. The maximum atomic E-state index is 12.5. The zero-order chi connectivity index (χ0) is 16.0. The topological polar surface area (TPSA) is 107 Å². The number of benzene rings is 1. The summed E-state index contributed by atoms with van der Waals surface area (Å²) < 4.78 is 62.8. The third-order valence-corrected chi connectivity index (χ3v) is 4.86. The van der Waals surface area contributed by atoms with E-state index < -0.39 is 37.3 Å². The van der Waals surface area contributed by atoms with Crippen LogP contribution in [0.25, 0.3) is 0 Å². The molecule has 1 fully saturated rings. The highest BCUT2D eigenvalue weighted by molar-refractivity contribution is 7.89. The molecule has 2 rings (SSSR count). The van der Waals surface area contributed by atoms with Crippen LogP contribution < -0.4 is 5.73 Å². The van der Waals surface area contributed by atoms with E-state index in [4.69, 9.17) is 5.73 Å². The van der Waals surface area contributed by atoms with Crippen LogP contribution in [0.5, 0.6) is 0 Å². The summed E-state index contributed by atoms with van der Waals surface area (Å²) in [4.78, 5) is 8.95. The number of nitrogens with zero attached hydrogens (tertiary/aromatic N) is 2. The van der Waals surface area contributed by atoms with Gasteiger partial charge in [0.1, 0.15) is 0 Å². The Bertz CT molecular complexity index is 683. The molecule has 1 aliphatic heterocycles. The first kappa shape index (κ1) is 15.7. The highest BCUT2D eigenvalue weighted by Gasteiger charge is 2.40. The standard InChI is InChI=1S/C10H10F3N3O4S/c11-10(12,13)6-1-2-9(8(3-6)16(17)18)21(19,20)15-4-7(14)5-15/h1-3,7H,4-5,14H2. The van der Waals surface area contributed by atoms with E-state index in [0.29, 0.717) is 12.1 Å². The van der Waals surface area contributed by atoms with Gasteiger partial charge in [-0.1, -0.05) is 0 Å². The normalized spacial score (nSPS) is 17.5. The first-order valence-corrected chi connectivity index (χ1v) is 7.09. The van der Waals surface area contributed by atoms with Crippen molar-refractivity contribution in [3.63, 3.8) is 0 Å². The number of sulfonamides is 1. The third-order valence-electron chi connectivity index (χ3n) is 2.98. The predicted molar refractivity (Wildman–Crippen MR) is 64.8 cm³/mol. The Kier molecular flexibility index (Phi) is 3.68. The zero-order valence-corrected chi connectivity index (χ0v) is 11.2. The molecule has 2 N–H and O–H groups in total. The summed E-state index contributed by atoms with van der Waals surface area (Å²) in [5.74, 6) is 0. The molecule has 1 saturated heterocycles. The first-order valence-electron chi connectivity index (χ1n) is 5.65. The van der Waals surface area contributed by atoms with Crippen molar-refractivity contribution in [2.75, 3.05) is 13.1 Å². The molecule has 1 aliphatic rings. The molecule has 1 heterocycles. The van der Waals surface area contributed by atoms with Crippen molar-refractivity contribution in [3.8, 4) is 0 Å². The average molecular weight is 325 g/mol. The summed E-state index contributed by atoms with van der Waals surface area (Å²) in [6, 6.07) is 0.931. The fourth-order valence-corrected chi connectivity index (χ4v) is 3.55. The molecule has 7 nitrogen and oxygen atoms in total. The Labute approximate surface area is 117 Å². The maximum Gasteiger partial charge on any atom is 0.416 e. The van der Waals surface area contributed by atoms with Crippen LogP contribution >= 0.6 is 0 Å². The van der Waals surface area contributed by atoms with Gasteiger partial charge in [0.15, 0.2) is 4.90 Å². The van der Waals surface area contributed by atoms with Gasteiger partial charge in [-0.15, -0.1) is 0 Å². The molecular weight excluding hydrogens is 315 g/mol. The van der Waals surface area contributed by atoms with Gasteiger partial charge in [-0.05, 0) is 12.1 Å². The van der Waals surface area contributed by atoms with Crippen LogP contribution in [0, 0.1) is 10.1 Å². The van der Waals surface area contributed by atoms with Gasteiger partial charge >= 0.3 is 6.18 Å². The zero-order valence-electron chi connectivity index (χ0n) is 10.4. The Morgan fingerprint density at radius 3 is 2.33 bits per heavy atom. The van der Waals surface area contributed by atoms with E-state index >= 15 is 0 Å². The van der Waals surface area contributed by atoms with Gasteiger partial charge < -0.3 is 5.73 Å². The van der Waals surface area contributed by atoms with Crippen LogP contribution in [0.15, 0.2) is 23.1 Å². The van der Waals surface area contributed by atoms with Crippen LogP contribution in [-0.4, -0.2) is 36.8 Å². The minimum atomic E-state index is -4.80. The van der Waals surface area contributed by atoms with Gasteiger partial charge in [-0.2, -0.15) is 17.5 Å². The summed E-state index contributed by atoms with van der Waals surface area (Å²) >= 11 is 0. The molecule has 0 bridgehead atoms. The highest BCUT2D eigenvalue weighted by Crippen LogP contribution is 2.36. The van der Waals surface area contributed by atoms with Crippen molar-refractivity contribution in [2.24, 2.45) is 5.73 Å². The Hall–Kier alpha value is -1.72. The lowest BCUT2D eigenvalue weighted by Crippen LogP contribution is -2.57. The Morgan fingerprint density at radius 2 is 1.90 bits per heavy atom. The summed E-state index contributed by atoms with van der Waals surface area (Å²) in [5, 5.41) is 10.9. The summed E-state index contributed by atoms with van der Waals surface area (Å²) in [6.45, 7) is -0.0545. The molecule has 0 saturated carbocycles. The number of nitro benzene ring substituents is 1. The lowest BCUT2D eigenvalue weighted by molar-refractivity contribution is -0.388. The van der Waals surface area contributed by atoms with E-state index in [1.54, 1.807) is 0 Å². The monoisotopic (exact) mass is 325 g/mol. The number of nitro groups is 1. The van der Waals surface area contributed by atoms with Crippen molar-refractivity contribution < 1.29 is 26.5 Å². The van der Waals surface area contributed by atoms with E-state index in [-0.39, 0.29) is 25.2 Å². The number of nitrogens with two attached hydrogens (primary N) is 1. The maximum absolute atomic E-state index is 12.5. The number of hydrogen-bond donors (Lipinski definition) is 1. The lowest BCUT2D eigenvalue weighted by atomic mass is 10.2. The first-order chi connectivity index (χ1) is 9.53. The summed E-state index contributed by atoms with van der Waals surface area (Å²) in [6.07, 6.45) is -4.80. The minimum Gasteiger partial charge on any atom is -0.325 e. The van der Waals surface area contributed by atoms with Crippen molar-refractivity contribution in [2.45, 2.75) is 17.1 Å². The number of hydrogen-bond acceptors (Lipinski definition) is 5. The highest BCUT2D eigenvalue weighted by atomic mass is 32.2. The van der Waals surface area contributed by atoms with Crippen molar-refractivity contribution >= 4 is 15.7 Å². The van der Waals surface area contributed by atoms with Crippen LogP contribution in [-0.2, 0) is 16.2 Å². The smallest absolute Gasteiger partial charge is 0.325 e. The molecule has 21 heavy (non-hydrogen) atoms. The average Bonchev–Trinajstić information content (AvgIpc) is 2.33. The SMILES string of the molecule is NC1CN(S(=O)(=O)c2ccc(C(F)(F)F)cc2[N+](=O)[O-])C1. The molecule has 1 aromatic carbocycles. The van der Waals surface area contributed by atoms with Crippen molar-refractivity contribution in [1.29, 1.82) is 0 Å². The Balaban J connectivity index is 2.52. The van der Waals surface area contributed by atoms with Crippen molar-refractivity contribution in [3.05, 3.63) is 33.9 Å². The second-order valence-electron chi connectivity index (χ2n) is 4.52. The third kappa shape index (κ3) is 2.84. The van der Waals surface area contributed by atoms with Gasteiger partial charge in [0.25, 0.3) is 5.69 Å². The number of rotatable bonds is 3. The van der Waals surface area contributed by atoms with E-state index in [2.05, 4.69) is 0 Å². The van der Waals surface area contributed by atoms with Gasteiger partial charge in [0.05, 0.1) is 10.5 Å². The van der Waals surface area contributed by atoms with Crippen LogP contribution in [0.1, 0.15) is 5.56 Å². The van der Waals surface area contributed by atoms with Crippen molar-refractivity contribution in [1.82, 2.24) is 4.31 Å². The molecule has 11 heteroatoms. The number of halogens is 3.